The van der Waals surface area contributed by atoms with E-state index in [9.17, 15) is 4.79 Å². The van der Waals surface area contributed by atoms with Gasteiger partial charge in [-0.15, -0.1) is 0 Å². The second kappa shape index (κ2) is 5.55. The number of nitrogens with one attached hydrogen (secondary N) is 1. The molecule has 0 saturated carbocycles. The highest BCUT2D eigenvalue weighted by atomic mass is 79.9. The monoisotopic (exact) mass is 323 g/mol. The van der Waals surface area contributed by atoms with Crippen molar-refractivity contribution in [2.75, 3.05) is 5.32 Å². The summed E-state index contributed by atoms with van der Waals surface area (Å²) in [4.78, 5) is 12.1. The zero-order chi connectivity index (χ0) is 13.1. The Labute approximate surface area is 119 Å². The van der Waals surface area contributed by atoms with Crippen molar-refractivity contribution in [3.05, 3.63) is 63.1 Å². The van der Waals surface area contributed by atoms with Crippen LogP contribution in [-0.4, -0.2) is 5.91 Å². The van der Waals surface area contributed by atoms with E-state index in [0.717, 1.165) is 11.3 Å². The number of hydrogen-bond donors (Lipinski definition) is 1. The quantitative estimate of drug-likeness (QED) is 0.855. The van der Waals surface area contributed by atoms with Gasteiger partial charge in [-0.2, -0.15) is 0 Å². The maximum Gasteiger partial charge on any atom is 0.256 e. The third-order valence-electron chi connectivity index (χ3n) is 2.57. The topological polar surface area (TPSA) is 29.1 Å². The molecule has 0 unspecified atom stereocenters. The third kappa shape index (κ3) is 2.92. The van der Waals surface area contributed by atoms with E-state index in [1.807, 2.05) is 31.2 Å². The van der Waals surface area contributed by atoms with E-state index in [0.29, 0.717) is 15.1 Å². The molecule has 0 fully saturated rings. The summed E-state index contributed by atoms with van der Waals surface area (Å²) < 4.78 is 0.682. The molecule has 4 heteroatoms. The number of para-hydroxylation sites is 1. The zero-order valence-corrected chi connectivity index (χ0v) is 12.0. The first kappa shape index (κ1) is 13.1. The smallest absolute Gasteiger partial charge is 0.256 e. The minimum Gasteiger partial charge on any atom is -0.322 e. The van der Waals surface area contributed by atoms with E-state index in [1.54, 1.807) is 18.2 Å². The standard InChI is InChI=1S/C14H11BrClNO/c1-9-4-2-3-5-13(9)17-14(18)11-7-6-10(16)8-12(11)15/h2-8H,1H3,(H,17,18). The van der Waals surface area contributed by atoms with E-state index < -0.39 is 0 Å². The molecule has 1 N–H and O–H groups in total. The van der Waals surface area contributed by atoms with Gasteiger partial charge in [0.05, 0.1) is 5.56 Å². The number of halogens is 2. The number of anilines is 1. The van der Waals surface area contributed by atoms with Crippen LogP contribution >= 0.6 is 27.5 Å². The summed E-state index contributed by atoms with van der Waals surface area (Å²) in [6.45, 7) is 1.95. The molecule has 1 amide bonds. The molecule has 0 aliphatic rings. The predicted octanol–water partition coefficient (Wildman–Crippen LogP) is 4.66. The van der Waals surface area contributed by atoms with Gasteiger partial charge in [0.1, 0.15) is 0 Å². The van der Waals surface area contributed by atoms with Crippen molar-refractivity contribution in [3.8, 4) is 0 Å². The lowest BCUT2D eigenvalue weighted by Crippen LogP contribution is -2.13. The summed E-state index contributed by atoms with van der Waals surface area (Å²) in [5.41, 5.74) is 2.39. The van der Waals surface area contributed by atoms with Crippen molar-refractivity contribution in [2.24, 2.45) is 0 Å². The molecular weight excluding hydrogens is 314 g/mol. The van der Waals surface area contributed by atoms with Crippen LogP contribution in [0.2, 0.25) is 5.02 Å². The summed E-state index contributed by atoms with van der Waals surface area (Å²) in [5, 5.41) is 3.47. The maximum atomic E-state index is 12.1. The first-order valence-corrected chi connectivity index (χ1v) is 6.57. The van der Waals surface area contributed by atoms with Crippen molar-refractivity contribution in [1.29, 1.82) is 0 Å². The number of hydrogen-bond acceptors (Lipinski definition) is 1. The minimum atomic E-state index is -0.159. The van der Waals surface area contributed by atoms with Crippen LogP contribution in [0.25, 0.3) is 0 Å². The SMILES string of the molecule is Cc1ccccc1NC(=O)c1ccc(Cl)cc1Br. The molecule has 2 nitrogen and oxygen atoms in total. The number of rotatable bonds is 2. The Balaban J connectivity index is 2.25. The predicted molar refractivity (Wildman–Crippen MR) is 78.3 cm³/mol. The largest absolute Gasteiger partial charge is 0.322 e. The second-order valence-electron chi connectivity index (χ2n) is 3.89. The van der Waals surface area contributed by atoms with Crippen molar-refractivity contribution < 1.29 is 4.79 Å². The fourth-order valence-electron chi connectivity index (χ4n) is 1.58. The molecular formula is C14H11BrClNO. The molecule has 2 rings (SSSR count). The average Bonchev–Trinajstić information content (AvgIpc) is 2.32. The highest BCUT2D eigenvalue weighted by Gasteiger charge is 2.11. The molecule has 0 aliphatic heterocycles. The Morgan fingerprint density at radius 2 is 1.94 bits per heavy atom. The molecule has 0 heterocycles. The van der Waals surface area contributed by atoms with Gasteiger partial charge in [0.25, 0.3) is 5.91 Å². The molecule has 0 spiro atoms. The molecule has 0 radical (unpaired) electrons. The minimum absolute atomic E-state index is 0.159. The van der Waals surface area contributed by atoms with Gasteiger partial charge < -0.3 is 5.32 Å². The number of amides is 1. The van der Waals surface area contributed by atoms with Gasteiger partial charge in [0.15, 0.2) is 0 Å². The molecule has 92 valence electrons. The highest BCUT2D eigenvalue weighted by molar-refractivity contribution is 9.10. The molecule has 0 bridgehead atoms. The lowest BCUT2D eigenvalue weighted by molar-refractivity contribution is 0.102. The van der Waals surface area contributed by atoms with Crippen LogP contribution in [0, 0.1) is 6.92 Å². The summed E-state index contributed by atoms with van der Waals surface area (Å²) >= 11 is 9.18. The van der Waals surface area contributed by atoms with Crippen LogP contribution in [0.3, 0.4) is 0 Å². The third-order valence-corrected chi connectivity index (χ3v) is 3.46. The zero-order valence-electron chi connectivity index (χ0n) is 9.71. The van der Waals surface area contributed by atoms with E-state index in [1.165, 1.54) is 0 Å². The van der Waals surface area contributed by atoms with E-state index in [4.69, 9.17) is 11.6 Å². The fraction of sp³-hybridized carbons (Fsp3) is 0.0714. The molecule has 0 atom stereocenters. The Hall–Kier alpha value is -1.32. The maximum absolute atomic E-state index is 12.1. The Kier molecular flexibility index (Phi) is 4.04. The molecule has 0 saturated heterocycles. The Morgan fingerprint density at radius 1 is 1.22 bits per heavy atom. The van der Waals surface area contributed by atoms with Gasteiger partial charge in [0.2, 0.25) is 0 Å². The van der Waals surface area contributed by atoms with Crippen molar-refractivity contribution in [2.45, 2.75) is 6.92 Å². The van der Waals surface area contributed by atoms with Crippen LogP contribution in [0.4, 0.5) is 5.69 Å². The first-order chi connectivity index (χ1) is 8.58. The van der Waals surface area contributed by atoms with Crippen LogP contribution in [0.5, 0.6) is 0 Å². The molecule has 2 aromatic rings. The van der Waals surface area contributed by atoms with Gasteiger partial charge in [-0.3, -0.25) is 4.79 Å². The van der Waals surface area contributed by atoms with Crippen LogP contribution < -0.4 is 5.32 Å². The lowest BCUT2D eigenvalue weighted by atomic mass is 10.1. The van der Waals surface area contributed by atoms with Crippen LogP contribution in [0.1, 0.15) is 15.9 Å². The van der Waals surface area contributed by atoms with Crippen LogP contribution in [0.15, 0.2) is 46.9 Å². The normalized spacial score (nSPS) is 10.2. The summed E-state index contributed by atoms with van der Waals surface area (Å²) in [7, 11) is 0. The lowest BCUT2D eigenvalue weighted by Gasteiger charge is -2.09. The number of aryl methyl sites for hydroxylation is 1. The van der Waals surface area contributed by atoms with Gasteiger partial charge >= 0.3 is 0 Å². The van der Waals surface area contributed by atoms with Crippen molar-refractivity contribution >= 4 is 39.1 Å². The Morgan fingerprint density at radius 3 is 2.61 bits per heavy atom. The van der Waals surface area contributed by atoms with Gasteiger partial charge in [0, 0.05) is 15.2 Å². The Bertz CT molecular complexity index is 598. The first-order valence-electron chi connectivity index (χ1n) is 5.40. The molecule has 0 aliphatic carbocycles. The van der Waals surface area contributed by atoms with Gasteiger partial charge in [-0.25, -0.2) is 0 Å². The van der Waals surface area contributed by atoms with E-state index in [2.05, 4.69) is 21.2 Å². The molecule has 2 aromatic carbocycles. The molecule has 0 aromatic heterocycles. The van der Waals surface area contributed by atoms with Crippen molar-refractivity contribution in [3.63, 3.8) is 0 Å². The van der Waals surface area contributed by atoms with Gasteiger partial charge in [-0.1, -0.05) is 29.8 Å². The van der Waals surface area contributed by atoms with Gasteiger partial charge in [-0.05, 0) is 52.7 Å². The number of carbonyl (C=O) groups is 1. The van der Waals surface area contributed by atoms with E-state index in [-0.39, 0.29) is 5.91 Å². The second-order valence-corrected chi connectivity index (χ2v) is 5.18. The average molecular weight is 325 g/mol. The fourth-order valence-corrected chi connectivity index (χ4v) is 2.44. The summed E-state index contributed by atoms with van der Waals surface area (Å²) in [5.74, 6) is -0.159. The highest BCUT2D eigenvalue weighted by Crippen LogP contribution is 2.23. The summed E-state index contributed by atoms with van der Waals surface area (Å²) in [6.07, 6.45) is 0. The molecule has 18 heavy (non-hydrogen) atoms. The number of carbonyl (C=O) groups excluding carboxylic acids is 1. The number of benzene rings is 2. The van der Waals surface area contributed by atoms with Crippen LogP contribution in [-0.2, 0) is 0 Å². The summed E-state index contributed by atoms with van der Waals surface area (Å²) in [6, 6.07) is 12.7. The van der Waals surface area contributed by atoms with Crippen molar-refractivity contribution in [1.82, 2.24) is 0 Å². The van der Waals surface area contributed by atoms with E-state index >= 15 is 0 Å².